The molecule has 1 saturated heterocycles. The van der Waals surface area contributed by atoms with E-state index in [2.05, 4.69) is 6.07 Å². The second-order valence-corrected chi connectivity index (χ2v) is 8.19. The summed E-state index contributed by atoms with van der Waals surface area (Å²) in [5.74, 6) is -0.198. The lowest BCUT2D eigenvalue weighted by Gasteiger charge is -2.14. The van der Waals surface area contributed by atoms with E-state index in [1.165, 1.54) is 11.8 Å². The van der Waals surface area contributed by atoms with Crippen molar-refractivity contribution < 1.29 is 19.4 Å². The maximum absolute atomic E-state index is 12.6. The predicted molar refractivity (Wildman–Crippen MR) is 104 cm³/mol. The molecule has 0 saturated carbocycles. The summed E-state index contributed by atoms with van der Waals surface area (Å²) in [5.41, 5.74) is 2.13. The highest BCUT2D eigenvalue weighted by Gasteiger charge is 2.31. The van der Waals surface area contributed by atoms with Gasteiger partial charge in [0.25, 0.3) is 5.91 Å². The van der Waals surface area contributed by atoms with Gasteiger partial charge in [0.05, 0.1) is 4.91 Å². The zero-order valence-corrected chi connectivity index (χ0v) is 16.2. The Morgan fingerprint density at radius 1 is 1.42 bits per heavy atom. The molecule has 1 fully saturated rings. The number of fused-ring (bicyclic) bond motifs is 1. The lowest BCUT2D eigenvalue weighted by Crippen LogP contribution is -2.29. The number of aliphatic carboxylic acids is 1. The normalized spacial score (nSPS) is 20.6. The summed E-state index contributed by atoms with van der Waals surface area (Å²) < 4.78 is 6.26. The first kappa shape index (κ1) is 18.9. The lowest BCUT2D eigenvalue weighted by atomic mass is 10.1. The molecular formula is C19H20NO4S2-. The second-order valence-electron chi connectivity index (χ2n) is 6.52. The van der Waals surface area contributed by atoms with Crippen LogP contribution in [-0.2, 0) is 16.0 Å². The summed E-state index contributed by atoms with van der Waals surface area (Å²) in [6.45, 7) is 2.56. The smallest absolute Gasteiger partial charge is 0.266 e. The van der Waals surface area contributed by atoms with Crippen molar-refractivity contribution >= 4 is 46.3 Å². The molecule has 0 aliphatic carbocycles. The topological polar surface area (TPSA) is 69.7 Å². The van der Waals surface area contributed by atoms with Gasteiger partial charge in [-0.15, -0.1) is 0 Å². The molecule has 2 heterocycles. The van der Waals surface area contributed by atoms with Gasteiger partial charge in [-0.2, -0.15) is 0 Å². The van der Waals surface area contributed by atoms with E-state index < -0.39 is 5.97 Å². The van der Waals surface area contributed by atoms with Gasteiger partial charge in [-0.3, -0.25) is 9.69 Å². The van der Waals surface area contributed by atoms with Gasteiger partial charge in [0.2, 0.25) is 0 Å². The third kappa shape index (κ3) is 4.45. The summed E-state index contributed by atoms with van der Waals surface area (Å²) >= 11 is 6.64. The number of nitrogens with zero attached hydrogens (tertiary/aromatic N) is 1. The maximum atomic E-state index is 12.6. The van der Waals surface area contributed by atoms with Gasteiger partial charge in [-0.25, -0.2) is 0 Å². The minimum atomic E-state index is -1.03. The van der Waals surface area contributed by atoms with Gasteiger partial charge in [0, 0.05) is 18.9 Å². The average molecular weight is 391 g/mol. The average Bonchev–Trinajstić information content (AvgIpc) is 3.07. The van der Waals surface area contributed by atoms with Crippen LogP contribution in [0.2, 0.25) is 0 Å². The zero-order chi connectivity index (χ0) is 18.7. The summed E-state index contributed by atoms with van der Waals surface area (Å²) in [4.78, 5) is 25.2. The quantitative estimate of drug-likeness (QED) is 0.405. The number of amides is 1. The highest BCUT2D eigenvalue weighted by atomic mass is 32.2. The number of ether oxygens (including phenoxy) is 1. The third-order valence-corrected chi connectivity index (χ3v) is 5.73. The van der Waals surface area contributed by atoms with Crippen LogP contribution in [0.1, 0.15) is 43.7 Å². The van der Waals surface area contributed by atoms with Gasteiger partial charge < -0.3 is 14.6 Å². The molecule has 0 radical (unpaired) electrons. The van der Waals surface area contributed by atoms with Gasteiger partial charge in [0.1, 0.15) is 16.2 Å². The molecule has 5 nitrogen and oxygen atoms in total. The second kappa shape index (κ2) is 8.22. The molecule has 0 N–H and O–H groups in total. The number of unbranched alkanes of at least 4 members (excludes halogenated alkanes) is 2. The standard InChI is InChI=1S/C19H21NO4S2/c1-12-9-14-10-13(6-7-15(14)24-12)11-16-18(23)20(19(25)26-16)8-4-2-3-5-17(21)22/h6-7,10-12H,2-5,8-9H2,1H3,(H,21,22)/p-1/b16-11-/t12-/m1/s1. The summed E-state index contributed by atoms with van der Waals surface area (Å²) in [6.07, 6.45) is 5.01. The molecule has 0 unspecified atom stereocenters. The Bertz CT molecular complexity index is 775. The third-order valence-electron chi connectivity index (χ3n) is 4.35. The van der Waals surface area contributed by atoms with Crippen molar-refractivity contribution in [2.45, 2.75) is 45.1 Å². The van der Waals surface area contributed by atoms with Gasteiger partial charge in [-0.05, 0) is 55.5 Å². The van der Waals surface area contributed by atoms with E-state index in [1.807, 2.05) is 25.1 Å². The van der Waals surface area contributed by atoms with E-state index in [9.17, 15) is 14.7 Å². The zero-order valence-electron chi connectivity index (χ0n) is 14.5. The molecule has 138 valence electrons. The number of carboxylic acid groups (broad SMARTS) is 1. The fourth-order valence-corrected chi connectivity index (χ4v) is 4.40. The molecule has 1 aromatic rings. The van der Waals surface area contributed by atoms with Crippen LogP contribution in [0.5, 0.6) is 5.75 Å². The maximum Gasteiger partial charge on any atom is 0.266 e. The number of thioether (sulfide) groups is 1. The first-order valence-corrected chi connectivity index (χ1v) is 9.91. The number of carbonyl (C=O) groups is 2. The van der Waals surface area contributed by atoms with E-state index in [0.29, 0.717) is 22.2 Å². The molecule has 0 bridgehead atoms. The Morgan fingerprint density at radius 3 is 3.00 bits per heavy atom. The van der Waals surface area contributed by atoms with Crippen molar-refractivity contribution in [3.05, 3.63) is 34.2 Å². The SMILES string of the molecule is C[C@@H]1Cc2cc(/C=C3\SC(=S)N(CCCCCC(=O)[O-])C3=O)ccc2O1. The molecule has 3 rings (SSSR count). The van der Waals surface area contributed by atoms with E-state index >= 15 is 0 Å². The van der Waals surface area contributed by atoms with E-state index in [-0.39, 0.29) is 18.4 Å². The summed E-state index contributed by atoms with van der Waals surface area (Å²) in [7, 11) is 0. The Balaban J connectivity index is 1.60. The predicted octanol–water partition coefficient (Wildman–Crippen LogP) is 2.52. The Morgan fingerprint density at radius 2 is 2.23 bits per heavy atom. The number of hydrogen-bond donors (Lipinski definition) is 0. The van der Waals surface area contributed by atoms with Crippen LogP contribution in [0.15, 0.2) is 23.1 Å². The minimum absolute atomic E-state index is 0.0545. The summed E-state index contributed by atoms with van der Waals surface area (Å²) in [6, 6.07) is 5.96. The molecule has 2 aliphatic rings. The van der Waals surface area contributed by atoms with Crippen LogP contribution in [0, 0.1) is 0 Å². The molecule has 0 spiro atoms. The number of hydrogen-bond acceptors (Lipinski definition) is 6. The van der Waals surface area contributed by atoms with E-state index in [4.69, 9.17) is 17.0 Å². The van der Waals surface area contributed by atoms with Gasteiger partial charge in [-0.1, -0.05) is 36.5 Å². The van der Waals surface area contributed by atoms with E-state index in [0.717, 1.165) is 36.1 Å². The largest absolute Gasteiger partial charge is 0.550 e. The molecule has 2 aliphatic heterocycles. The Kier molecular flexibility index (Phi) is 5.98. The van der Waals surface area contributed by atoms with Crippen molar-refractivity contribution in [2.75, 3.05) is 6.54 Å². The Hall–Kier alpha value is -1.86. The van der Waals surface area contributed by atoms with Crippen LogP contribution in [0.4, 0.5) is 0 Å². The molecule has 0 aromatic heterocycles. The van der Waals surface area contributed by atoms with Crippen LogP contribution in [-0.4, -0.2) is 33.7 Å². The van der Waals surface area contributed by atoms with Crippen LogP contribution in [0.25, 0.3) is 6.08 Å². The Labute approximate surface area is 162 Å². The van der Waals surface area contributed by atoms with Crippen molar-refractivity contribution in [3.63, 3.8) is 0 Å². The highest BCUT2D eigenvalue weighted by Crippen LogP contribution is 2.35. The lowest BCUT2D eigenvalue weighted by molar-refractivity contribution is -0.305. The number of carboxylic acids is 1. The number of thiocarbonyl (C=S) groups is 1. The van der Waals surface area contributed by atoms with E-state index in [1.54, 1.807) is 4.90 Å². The first-order valence-electron chi connectivity index (χ1n) is 8.69. The van der Waals surface area contributed by atoms with Crippen LogP contribution in [0.3, 0.4) is 0 Å². The minimum Gasteiger partial charge on any atom is -0.550 e. The van der Waals surface area contributed by atoms with Crippen molar-refractivity contribution in [1.82, 2.24) is 4.90 Å². The fourth-order valence-electron chi connectivity index (χ4n) is 3.09. The van der Waals surface area contributed by atoms with Crippen LogP contribution < -0.4 is 9.84 Å². The monoisotopic (exact) mass is 390 g/mol. The summed E-state index contributed by atoms with van der Waals surface area (Å²) in [5, 5.41) is 10.4. The fraction of sp³-hybridized carbons (Fsp3) is 0.421. The van der Waals surface area contributed by atoms with Gasteiger partial charge in [0.15, 0.2) is 0 Å². The molecule has 1 atom stereocenters. The van der Waals surface area contributed by atoms with Crippen molar-refractivity contribution in [3.8, 4) is 5.75 Å². The number of rotatable bonds is 7. The molecule has 1 aromatic carbocycles. The first-order chi connectivity index (χ1) is 12.4. The van der Waals surface area contributed by atoms with Crippen molar-refractivity contribution in [1.29, 1.82) is 0 Å². The molecular weight excluding hydrogens is 370 g/mol. The number of carbonyl (C=O) groups excluding carboxylic acids is 2. The molecule has 1 amide bonds. The van der Waals surface area contributed by atoms with Crippen molar-refractivity contribution in [2.24, 2.45) is 0 Å². The molecule has 7 heteroatoms. The molecule has 26 heavy (non-hydrogen) atoms. The highest BCUT2D eigenvalue weighted by molar-refractivity contribution is 8.26. The number of benzene rings is 1. The van der Waals surface area contributed by atoms with Crippen LogP contribution >= 0.6 is 24.0 Å². The van der Waals surface area contributed by atoms with Gasteiger partial charge >= 0.3 is 0 Å².